The number of hydrogen-bond donors (Lipinski definition) is 1. The van der Waals surface area contributed by atoms with Gasteiger partial charge in [-0.15, -0.1) is 0 Å². The van der Waals surface area contributed by atoms with Crippen LogP contribution < -0.4 is 0 Å². The lowest BCUT2D eigenvalue weighted by atomic mass is 9.88. The van der Waals surface area contributed by atoms with Crippen LogP contribution in [0.1, 0.15) is 72.8 Å². The quantitative estimate of drug-likeness (QED) is 0.531. The van der Waals surface area contributed by atoms with Gasteiger partial charge in [-0.25, -0.2) is 0 Å². The Morgan fingerprint density at radius 3 is 2.61 bits per heavy atom. The second-order valence-corrected chi connectivity index (χ2v) is 10.0. The Kier molecular flexibility index (Phi) is 6.45. The first kappa shape index (κ1) is 22.1. The number of likely N-dealkylation sites (tertiary alicyclic amines) is 1. The van der Waals surface area contributed by atoms with Crippen molar-refractivity contribution < 1.29 is 5.11 Å². The molecule has 4 nitrogen and oxygen atoms in total. The van der Waals surface area contributed by atoms with Gasteiger partial charge in [-0.3, -0.25) is 0 Å². The predicted molar refractivity (Wildman–Crippen MR) is 137 cm³/mol. The maximum absolute atomic E-state index is 9.79. The summed E-state index contributed by atoms with van der Waals surface area (Å²) < 4.78 is 0. The van der Waals surface area contributed by atoms with E-state index in [1.54, 1.807) is 0 Å². The van der Waals surface area contributed by atoms with Gasteiger partial charge in [0.15, 0.2) is 0 Å². The molecule has 4 heteroatoms. The molecule has 1 fully saturated rings. The van der Waals surface area contributed by atoms with E-state index >= 15 is 0 Å². The first-order valence-corrected chi connectivity index (χ1v) is 12.5. The van der Waals surface area contributed by atoms with E-state index in [-0.39, 0.29) is 0 Å². The zero-order valence-corrected chi connectivity index (χ0v) is 20.0. The fourth-order valence-corrected chi connectivity index (χ4v) is 5.55. The van der Waals surface area contributed by atoms with Gasteiger partial charge in [0.05, 0.1) is 5.71 Å². The molecule has 1 aliphatic carbocycles. The Morgan fingerprint density at radius 1 is 1.00 bits per heavy atom. The minimum absolute atomic E-state index is 0.406. The third-order valence-corrected chi connectivity index (χ3v) is 7.57. The van der Waals surface area contributed by atoms with Gasteiger partial charge in [0, 0.05) is 12.1 Å². The SMILES string of the molecule is CC1=NN=C(C2=Cc3c(CCCCN4CCC(c5ccc(O)c(C)c5)CC4)cccc3C2)C1. The van der Waals surface area contributed by atoms with E-state index in [0.29, 0.717) is 11.7 Å². The molecule has 172 valence electrons. The molecule has 0 atom stereocenters. The van der Waals surface area contributed by atoms with Crippen molar-refractivity contribution in [1.82, 2.24) is 4.90 Å². The van der Waals surface area contributed by atoms with E-state index < -0.39 is 0 Å². The fraction of sp³-hybridized carbons (Fsp3) is 0.448. The number of nitrogens with zero attached hydrogens (tertiary/aromatic N) is 3. The number of phenols is 1. The molecule has 0 aromatic heterocycles. The van der Waals surface area contributed by atoms with E-state index in [2.05, 4.69) is 58.4 Å². The molecule has 0 spiro atoms. The van der Waals surface area contributed by atoms with E-state index in [1.807, 2.05) is 13.0 Å². The van der Waals surface area contributed by atoms with Gasteiger partial charge < -0.3 is 10.0 Å². The summed E-state index contributed by atoms with van der Waals surface area (Å²) in [6, 6.07) is 12.9. The van der Waals surface area contributed by atoms with Gasteiger partial charge in [0.2, 0.25) is 0 Å². The summed E-state index contributed by atoms with van der Waals surface area (Å²) in [5, 5.41) is 18.4. The zero-order valence-electron chi connectivity index (χ0n) is 20.0. The maximum atomic E-state index is 9.79. The highest BCUT2D eigenvalue weighted by atomic mass is 16.3. The summed E-state index contributed by atoms with van der Waals surface area (Å²) in [4.78, 5) is 2.64. The number of hydrogen-bond acceptors (Lipinski definition) is 4. The van der Waals surface area contributed by atoms with Crippen molar-refractivity contribution in [2.45, 2.75) is 64.7 Å². The number of piperidine rings is 1. The molecule has 2 aromatic carbocycles. The zero-order chi connectivity index (χ0) is 22.8. The van der Waals surface area contributed by atoms with Crippen LogP contribution in [-0.4, -0.2) is 41.1 Å². The molecule has 2 aliphatic heterocycles. The topological polar surface area (TPSA) is 48.2 Å². The van der Waals surface area contributed by atoms with Crippen LogP contribution in [-0.2, 0) is 12.8 Å². The van der Waals surface area contributed by atoms with Gasteiger partial charge in [0.25, 0.3) is 0 Å². The average molecular weight is 442 g/mol. The van der Waals surface area contributed by atoms with Crippen LogP contribution in [0.3, 0.4) is 0 Å². The normalized spacial score (nSPS) is 18.8. The summed E-state index contributed by atoms with van der Waals surface area (Å²) in [5.41, 5.74) is 10.4. The molecule has 0 amide bonds. The first-order valence-electron chi connectivity index (χ1n) is 12.5. The van der Waals surface area contributed by atoms with Crippen molar-refractivity contribution in [3.8, 4) is 5.75 Å². The molecule has 5 rings (SSSR count). The Balaban J connectivity index is 1.09. The summed E-state index contributed by atoms with van der Waals surface area (Å²) in [6.07, 6.45) is 10.3. The molecule has 2 aromatic rings. The lowest BCUT2D eigenvalue weighted by Crippen LogP contribution is -2.33. The summed E-state index contributed by atoms with van der Waals surface area (Å²) in [7, 11) is 0. The molecule has 1 N–H and O–H groups in total. The highest BCUT2D eigenvalue weighted by molar-refractivity contribution is 6.17. The number of allylic oxidation sites excluding steroid dienone is 1. The molecular formula is C29H35N3O. The Hall–Kier alpha value is -2.72. The van der Waals surface area contributed by atoms with Crippen LogP contribution in [0, 0.1) is 6.92 Å². The second kappa shape index (κ2) is 9.64. The number of fused-ring (bicyclic) bond motifs is 1. The first-order chi connectivity index (χ1) is 16.1. The Labute approximate surface area is 197 Å². The lowest BCUT2D eigenvalue weighted by molar-refractivity contribution is 0.209. The van der Waals surface area contributed by atoms with Crippen molar-refractivity contribution in [3.05, 3.63) is 69.8 Å². The van der Waals surface area contributed by atoms with Crippen molar-refractivity contribution in [2.24, 2.45) is 10.2 Å². The smallest absolute Gasteiger partial charge is 0.118 e. The minimum atomic E-state index is 0.406. The van der Waals surface area contributed by atoms with Crippen LogP contribution in [0.15, 0.2) is 52.2 Å². The van der Waals surface area contributed by atoms with Crippen molar-refractivity contribution in [2.75, 3.05) is 19.6 Å². The molecule has 0 saturated carbocycles. The molecule has 0 unspecified atom stereocenters. The lowest BCUT2D eigenvalue weighted by Gasteiger charge is -2.32. The van der Waals surface area contributed by atoms with Crippen LogP contribution in [0.5, 0.6) is 5.75 Å². The molecule has 1 saturated heterocycles. The highest BCUT2D eigenvalue weighted by Gasteiger charge is 2.22. The molecular weight excluding hydrogens is 406 g/mol. The van der Waals surface area contributed by atoms with Crippen LogP contribution >= 0.6 is 0 Å². The maximum Gasteiger partial charge on any atom is 0.118 e. The van der Waals surface area contributed by atoms with E-state index in [9.17, 15) is 5.11 Å². The number of rotatable bonds is 7. The van der Waals surface area contributed by atoms with Crippen molar-refractivity contribution >= 4 is 17.5 Å². The van der Waals surface area contributed by atoms with E-state index in [1.165, 1.54) is 73.1 Å². The molecule has 0 radical (unpaired) electrons. The predicted octanol–water partition coefficient (Wildman–Crippen LogP) is 6.06. The fourth-order valence-electron chi connectivity index (χ4n) is 5.55. The van der Waals surface area contributed by atoms with Crippen LogP contribution in [0.25, 0.3) is 6.08 Å². The molecule has 33 heavy (non-hydrogen) atoms. The van der Waals surface area contributed by atoms with E-state index in [4.69, 9.17) is 0 Å². The second-order valence-electron chi connectivity index (χ2n) is 10.0. The van der Waals surface area contributed by atoms with Crippen molar-refractivity contribution in [3.63, 3.8) is 0 Å². The van der Waals surface area contributed by atoms with Crippen LogP contribution in [0.4, 0.5) is 0 Å². The number of phenolic OH excluding ortho intramolecular Hbond substituents is 1. The summed E-state index contributed by atoms with van der Waals surface area (Å²) in [5.74, 6) is 1.04. The number of benzene rings is 2. The molecule has 0 bridgehead atoms. The molecule has 3 aliphatic rings. The summed E-state index contributed by atoms with van der Waals surface area (Å²) in [6.45, 7) is 7.61. The summed E-state index contributed by atoms with van der Waals surface area (Å²) >= 11 is 0. The number of aryl methyl sites for hydroxylation is 2. The van der Waals surface area contributed by atoms with Gasteiger partial charge >= 0.3 is 0 Å². The van der Waals surface area contributed by atoms with Gasteiger partial charge in [-0.1, -0.05) is 30.3 Å². The third kappa shape index (κ3) is 4.96. The Bertz CT molecular complexity index is 1120. The standard InChI is InChI=1S/C29H35N3O/c1-20-16-24(9-10-29(20)33)22-11-14-32(15-12-22)13-4-3-6-23-7-5-8-25-18-26(19-27(23)25)28-17-21(2)30-31-28/h5,7-10,16,19,22,33H,3-4,6,11-15,17-18H2,1-2H3. The van der Waals surface area contributed by atoms with Gasteiger partial charge in [0.1, 0.15) is 5.75 Å². The van der Waals surface area contributed by atoms with E-state index in [0.717, 1.165) is 36.2 Å². The minimum Gasteiger partial charge on any atom is -0.508 e. The van der Waals surface area contributed by atoms with Gasteiger partial charge in [-0.05, 0) is 123 Å². The van der Waals surface area contributed by atoms with Crippen LogP contribution in [0.2, 0.25) is 0 Å². The third-order valence-electron chi connectivity index (χ3n) is 7.57. The largest absolute Gasteiger partial charge is 0.508 e. The number of aromatic hydroxyl groups is 1. The monoisotopic (exact) mass is 441 g/mol. The molecule has 2 heterocycles. The average Bonchev–Trinajstić information content (AvgIpc) is 3.45. The van der Waals surface area contributed by atoms with Gasteiger partial charge in [-0.2, -0.15) is 10.2 Å². The Morgan fingerprint density at radius 2 is 1.85 bits per heavy atom. The van der Waals surface area contributed by atoms with Crippen molar-refractivity contribution in [1.29, 1.82) is 0 Å². The number of unbranched alkanes of at least 4 members (excludes halogenated alkanes) is 1. The highest BCUT2D eigenvalue weighted by Crippen LogP contribution is 2.32.